The van der Waals surface area contributed by atoms with Crippen LogP contribution in [0.5, 0.6) is 0 Å². The van der Waals surface area contributed by atoms with Gasteiger partial charge in [0.2, 0.25) is 0 Å². The molecule has 1 aliphatic rings. The number of anilines is 1. The highest BCUT2D eigenvalue weighted by Crippen LogP contribution is 2.27. The molecule has 4 nitrogen and oxygen atoms in total. The second-order valence-corrected chi connectivity index (χ2v) is 4.60. The van der Waals surface area contributed by atoms with E-state index in [1.54, 1.807) is 4.90 Å². The van der Waals surface area contributed by atoms with Crippen LogP contribution in [0.15, 0.2) is 18.2 Å². The van der Waals surface area contributed by atoms with Crippen LogP contribution in [-0.4, -0.2) is 36.4 Å². The number of rotatable bonds is 2. The standard InChI is InChI=1S/C13H16FNO3/c1-8-6-15(7-9(2)18-8)12-10(13(16)17)4-3-5-11(12)14/h3-5,8-9H,6-7H2,1-2H3,(H,16,17)/t8-,9+. The summed E-state index contributed by atoms with van der Waals surface area (Å²) in [5.74, 6) is -1.62. The largest absolute Gasteiger partial charge is 0.478 e. The summed E-state index contributed by atoms with van der Waals surface area (Å²) in [6, 6.07) is 4.12. The smallest absolute Gasteiger partial charge is 0.337 e. The lowest BCUT2D eigenvalue weighted by Crippen LogP contribution is -2.46. The topological polar surface area (TPSA) is 49.8 Å². The van der Waals surface area contributed by atoms with E-state index in [2.05, 4.69) is 0 Å². The summed E-state index contributed by atoms with van der Waals surface area (Å²) >= 11 is 0. The number of carbonyl (C=O) groups is 1. The maximum absolute atomic E-state index is 13.9. The van der Waals surface area contributed by atoms with E-state index >= 15 is 0 Å². The lowest BCUT2D eigenvalue weighted by molar-refractivity contribution is -0.00550. The zero-order chi connectivity index (χ0) is 13.3. The molecule has 1 aliphatic heterocycles. The Morgan fingerprint density at radius 2 is 2.00 bits per heavy atom. The van der Waals surface area contributed by atoms with E-state index in [0.29, 0.717) is 13.1 Å². The minimum Gasteiger partial charge on any atom is -0.478 e. The number of benzene rings is 1. The molecular formula is C13H16FNO3. The fraction of sp³-hybridized carbons (Fsp3) is 0.462. The predicted molar refractivity (Wildman–Crippen MR) is 65.6 cm³/mol. The van der Waals surface area contributed by atoms with Gasteiger partial charge in [0, 0.05) is 13.1 Å². The molecular weight excluding hydrogens is 237 g/mol. The number of hydrogen-bond acceptors (Lipinski definition) is 3. The molecule has 1 fully saturated rings. The lowest BCUT2D eigenvalue weighted by Gasteiger charge is -2.37. The molecule has 2 rings (SSSR count). The molecule has 2 atom stereocenters. The van der Waals surface area contributed by atoms with E-state index in [9.17, 15) is 9.18 Å². The van der Waals surface area contributed by atoms with Crippen LogP contribution >= 0.6 is 0 Å². The molecule has 0 aliphatic carbocycles. The molecule has 1 N–H and O–H groups in total. The second-order valence-electron chi connectivity index (χ2n) is 4.60. The van der Waals surface area contributed by atoms with Gasteiger partial charge in [-0.1, -0.05) is 6.07 Å². The number of carboxylic acid groups (broad SMARTS) is 1. The number of aromatic carboxylic acids is 1. The van der Waals surface area contributed by atoms with E-state index in [0.717, 1.165) is 0 Å². The van der Waals surface area contributed by atoms with Crippen LogP contribution < -0.4 is 4.90 Å². The van der Waals surface area contributed by atoms with Crippen molar-refractivity contribution in [1.29, 1.82) is 0 Å². The molecule has 0 bridgehead atoms. The molecule has 1 aromatic rings. The van der Waals surface area contributed by atoms with Gasteiger partial charge in [-0.2, -0.15) is 0 Å². The Kier molecular flexibility index (Phi) is 3.52. The Bertz CT molecular complexity index is 454. The molecule has 1 aromatic carbocycles. The Morgan fingerprint density at radius 1 is 1.39 bits per heavy atom. The third kappa shape index (κ3) is 2.46. The van der Waals surface area contributed by atoms with Crippen molar-refractivity contribution in [1.82, 2.24) is 0 Å². The summed E-state index contributed by atoms with van der Waals surface area (Å²) in [7, 11) is 0. The predicted octanol–water partition coefficient (Wildman–Crippen LogP) is 2.14. The first kappa shape index (κ1) is 12.8. The van der Waals surface area contributed by atoms with Crippen molar-refractivity contribution in [3.05, 3.63) is 29.6 Å². The van der Waals surface area contributed by atoms with Crippen molar-refractivity contribution in [3.63, 3.8) is 0 Å². The number of carboxylic acids is 1. The normalized spacial score (nSPS) is 24.1. The molecule has 0 unspecified atom stereocenters. The highest BCUT2D eigenvalue weighted by molar-refractivity contribution is 5.94. The van der Waals surface area contributed by atoms with Gasteiger partial charge >= 0.3 is 5.97 Å². The third-order valence-electron chi connectivity index (χ3n) is 2.95. The van der Waals surface area contributed by atoms with Crippen LogP contribution in [0.4, 0.5) is 10.1 Å². The number of morpholine rings is 1. The number of nitrogens with zero attached hydrogens (tertiary/aromatic N) is 1. The quantitative estimate of drug-likeness (QED) is 0.877. The van der Waals surface area contributed by atoms with Crippen LogP contribution in [0.1, 0.15) is 24.2 Å². The van der Waals surface area contributed by atoms with Crippen molar-refractivity contribution in [2.24, 2.45) is 0 Å². The Hall–Kier alpha value is -1.62. The van der Waals surface area contributed by atoms with Crippen molar-refractivity contribution in [2.75, 3.05) is 18.0 Å². The molecule has 1 heterocycles. The lowest BCUT2D eigenvalue weighted by atomic mass is 10.1. The van der Waals surface area contributed by atoms with Crippen LogP contribution in [0.2, 0.25) is 0 Å². The zero-order valence-corrected chi connectivity index (χ0v) is 10.4. The van der Waals surface area contributed by atoms with Crippen LogP contribution in [0.25, 0.3) is 0 Å². The molecule has 0 saturated carbocycles. The maximum atomic E-state index is 13.9. The molecule has 98 valence electrons. The van der Waals surface area contributed by atoms with Gasteiger partial charge < -0.3 is 14.7 Å². The van der Waals surface area contributed by atoms with E-state index in [1.165, 1.54) is 18.2 Å². The first-order valence-corrected chi connectivity index (χ1v) is 5.91. The van der Waals surface area contributed by atoms with Crippen molar-refractivity contribution < 1.29 is 19.0 Å². The van der Waals surface area contributed by atoms with Gasteiger partial charge in [0.05, 0.1) is 23.5 Å². The molecule has 0 amide bonds. The highest BCUT2D eigenvalue weighted by Gasteiger charge is 2.27. The van der Waals surface area contributed by atoms with Crippen LogP contribution in [-0.2, 0) is 4.74 Å². The number of hydrogen-bond donors (Lipinski definition) is 1. The Balaban J connectivity index is 2.40. The molecule has 0 aromatic heterocycles. The van der Waals surface area contributed by atoms with Crippen LogP contribution in [0.3, 0.4) is 0 Å². The molecule has 5 heteroatoms. The first-order valence-electron chi connectivity index (χ1n) is 5.91. The molecule has 0 spiro atoms. The number of ether oxygens (including phenoxy) is 1. The van der Waals surface area contributed by atoms with Gasteiger partial charge in [-0.25, -0.2) is 9.18 Å². The van der Waals surface area contributed by atoms with E-state index in [1.807, 2.05) is 13.8 Å². The van der Waals surface area contributed by atoms with Gasteiger partial charge in [-0.15, -0.1) is 0 Å². The Morgan fingerprint density at radius 3 is 2.56 bits per heavy atom. The second kappa shape index (κ2) is 4.94. The maximum Gasteiger partial charge on any atom is 0.337 e. The minimum absolute atomic E-state index is 0.00343. The molecule has 1 saturated heterocycles. The van der Waals surface area contributed by atoms with E-state index in [-0.39, 0.29) is 23.5 Å². The number of halogens is 1. The monoisotopic (exact) mass is 253 g/mol. The van der Waals surface area contributed by atoms with Gasteiger partial charge in [0.25, 0.3) is 0 Å². The average Bonchev–Trinajstić information content (AvgIpc) is 2.26. The van der Waals surface area contributed by atoms with Crippen molar-refractivity contribution in [3.8, 4) is 0 Å². The van der Waals surface area contributed by atoms with Gasteiger partial charge in [-0.05, 0) is 26.0 Å². The fourth-order valence-electron chi connectivity index (χ4n) is 2.37. The third-order valence-corrected chi connectivity index (χ3v) is 2.95. The highest BCUT2D eigenvalue weighted by atomic mass is 19.1. The molecule has 0 radical (unpaired) electrons. The summed E-state index contributed by atoms with van der Waals surface area (Å²) in [4.78, 5) is 12.9. The fourth-order valence-corrected chi connectivity index (χ4v) is 2.37. The van der Waals surface area contributed by atoms with Gasteiger partial charge in [0.1, 0.15) is 5.82 Å². The summed E-state index contributed by atoms with van der Waals surface area (Å²) in [6.07, 6.45) is -0.0926. The molecule has 18 heavy (non-hydrogen) atoms. The summed E-state index contributed by atoms with van der Waals surface area (Å²) in [5, 5.41) is 9.13. The van der Waals surface area contributed by atoms with Crippen molar-refractivity contribution >= 4 is 11.7 Å². The SMILES string of the molecule is C[C@@H]1CN(c2c(F)cccc2C(=O)O)C[C@H](C)O1. The summed E-state index contributed by atoms with van der Waals surface area (Å²) in [6.45, 7) is 4.77. The average molecular weight is 253 g/mol. The summed E-state index contributed by atoms with van der Waals surface area (Å²) < 4.78 is 19.5. The van der Waals surface area contributed by atoms with E-state index < -0.39 is 11.8 Å². The zero-order valence-electron chi connectivity index (χ0n) is 10.4. The van der Waals surface area contributed by atoms with Crippen molar-refractivity contribution in [2.45, 2.75) is 26.1 Å². The first-order chi connectivity index (χ1) is 8.49. The number of para-hydroxylation sites is 1. The van der Waals surface area contributed by atoms with Gasteiger partial charge in [-0.3, -0.25) is 0 Å². The van der Waals surface area contributed by atoms with Gasteiger partial charge in [0.15, 0.2) is 0 Å². The van der Waals surface area contributed by atoms with Crippen LogP contribution in [0, 0.1) is 5.82 Å². The van der Waals surface area contributed by atoms with E-state index in [4.69, 9.17) is 9.84 Å². The summed E-state index contributed by atoms with van der Waals surface area (Å²) in [5.41, 5.74) is 0.156. The Labute approximate surface area is 105 Å². The minimum atomic E-state index is -1.11.